The van der Waals surface area contributed by atoms with Crippen molar-refractivity contribution in [3.63, 3.8) is 0 Å². The Morgan fingerprint density at radius 3 is 1.52 bits per heavy atom. The van der Waals surface area contributed by atoms with Gasteiger partial charge >= 0.3 is 0 Å². The summed E-state index contributed by atoms with van der Waals surface area (Å²) >= 11 is 1.84. The number of hydrogen-bond acceptors (Lipinski definition) is 2. The summed E-state index contributed by atoms with van der Waals surface area (Å²) in [5.74, 6) is 0. The van der Waals surface area contributed by atoms with Crippen molar-refractivity contribution in [2.75, 3.05) is 0 Å². The first-order valence-corrected chi connectivity index (χ1v) is 19.3. The second-order valence-corrected chi connectivity index (χ2v) is 15.5. The summed E-state index contributed by atoms with van der Waals surface area (Å²) < 4.78 is 8.97. The quantitative estimate of drug-likeness (QED) is 0.167. The third-order valence-corrected chi connectivity index (χ3v) is 12.5. The van der Waals surface area contributed by atoms with Crippen LogP contribution in [0.2, 0.25) is 0 Å². The van der Waals surface area contributed by atoms with Crippen LogP contribution < -0.4 is 0 Å². The lowest BCUT2D eigenvalue weighted by Gasteiger charge is -2.18. The molecule has 0 bridgehead atoms. The van der Waals surface area contributed by atoms with Gasteiger partial charge in [0, 0.05) is 30.9 Å². The number of fused-ring (bicyclic) bond motifs is 11. The second-order valence-electron chi connectivity index (χ2n) is 14.4. The Balaban J connectivity index is 1.02. The Bertz CT molecular complexity index is 3450. The minimum absolute atomic E-state index is 0.938. The molecule has 12 rings (SSSR count). The van der Waals surface area contributed by atoms with Gasteiger partial charge in [0.2, 0.25) is 0 Å². The highest BCUT2D eigenvalue weighted by molar-refractivity contribution is 7.26. The summed E-state index contributed by atoms with van der Waals surface area (Å²) in [7, 11) is 0. The van der Waals surface area contributed by atoms with Crippen molar-refractivity contribution >= 4 is 96.5 Å². The minimum Gasteiger partial charge on any atom is -0.455 e. The summed E-state index contributed by atoms with van der Waals surface area (Å²) in [5.41, 5.74) is 9.40. The lowest BCUT2D eigenvalue weighted by molar-refractivity contribution is 0.673. The summed E-state index contributed by atoms with van der Waals surface area (Å²) in [6.45, 7) is 0. The molecule has 0 fully saturated rings. The van der Waals surface area contributed by atoms with Crippen LogP contribution in [0.3, 0.4) is 0 Å². The van der Waals surface area contributed by atoms with Crippen molar-refractivity contribution < 1.29 is 4.42 Å². The number of rotatable bonds is 3. The maximum absolute atomic E-state index is 6.45. The van der Waals surface area contributed by atoms with Gasteiger partial charge in [0.15, 0.2) is 0 Å². The summed E-state index contributed by atoms with van der Waals surface area (Å²) in [6.07, 6.45) is 0. The number of furan rings is 1. The first-order chi connectivity index (χ1) is 26.7. The third kappa shape index (κ3) is 4.38. The zero-order valence-corrected chi connectivity index (χ0v) is 30.0. The minimum atomic E-state index is 0.938. The smallest absolute Gasteiger partial charge is 0.144 e. The van der Waals surface area contributed by atoms with E-state index >= 15 is 0 Å². The first-order valence-electron chi connectivity index (χ1n) is 18.5. The van der Waals surface area contributed by atoms with Gasteiger partial charge in [-0.15, -0.1) is 11.3 Å². The molecule has 0 aliphatic rings. The molecule has 0 aliphatic carbocycles. The molecule has 1 nitrogen and oxygen atoms in total. The number of thiophene rings is 1. The molecule has 2 heterocycles. The fourth-order valence-corrected chi connectivity index (χ4v) is 10.0. The maximum atomic E-state index is 6.45. The molecule has 10 aromatic carbocycles. The average molecular weight is 703 g/mol. The molecule has 0 spiro atoms. The predicted molar refractivity (Wildman–Crippen MR) is 233 cm³/mol. The molecule has 0 saturated heterocycles. The second kappa shape index (κ2) is 11.4. The van der Waals surface area contributed by atoms with E-state index in [-0.39, 0.29) is 0 Å². The Kier molecular flexibility index (Phi) is 6.28. The van der Waals surface area contributed by atoms with Gasteiger partial charge in [-0.2, -0.15) is 0 Å². The molecule has 0 saturated carbocycles. The molecule has 0 radical (unpaired) electrons. The molecule has 2 heteroatoms. The molecular weight excluding hydrogens is 673 g/mol. The molecule has 250 valence electrons. The monoisotopic (exact) mass is 702 g/mol. The van der Waals surface area contributed by atoms with Crippen molar-refractivity contribution in [1.29, 1.82) is 0 Å². The lowest BCUT2D eigenvalue weighted by Crippen LogP contribution is -1.91. The number of benzene rings is 10. The molecule has 0 unspecified atom stereocenters. The standard InChI is InChI=1S/C52H30OS/c1-2-10-33-27-36(21-18-31(33)9-1)49-40-12-3-5-14-42(40)50(43-15-6-4-13-41(43)49)37-22-19-32-17-20-34(28-38(32)29-37)35-23-24-45-48(30-35)54-47-26-25-44-39-11-7-8-16-46(39)53-52(44)51(45)47/h1-30H. The Morgan fingerprint density at radius 2 is 0.815 bits per heavy atom. The van der Waals surface area contributed by atoms with Gasteiger partial charge in [-0.3, -0.25) is 0 Å². The molecule has 0 aliphatic heterocycles. The predicted octanol–water partition coefficient (Wildman–Crippen LogP) is 15.6. The van der Waals surface area contributed by atoms with Crippen molar-refractivity contribution in [3.8, 4) is 33.4 Å². The van der Waals surface area contributed by atoms with E-state index in [9.17, 15) is 0 Å². The molecular formula is C52H30OS. The van der Waals surface area contributed by atoms with E-state index in [1.807, 2.05) is 17.4 Å². The van der Waals surface area contributed by atoms with E-state index < -0.39 is 0 Å². The topological polar surface area (TPSA) is 13.1 Å². The van der Waals surface area contributed by atoms with Gasteiger partial charge in [0.05, 0.1) is 0 Å². The summed E-state index contributed by atoms with van der Waals surface area (Å²) in [4.78, 5) is 0. The highest BCUT2D eigenvalue weighted by Gasteiger charge is 2.18. The normalized spacial score (nSPS) is 12.1. The number of para-hydroxylation sites is 1. The zero-order chi connectivity index (χ0) is 35.3. The lowest BCUT2D eigenvalue weighted by atomic mass is 9.85. The Hall–Kier alpha value is -6.74. The molecule has 0 atom stereocenters. The van der Waals surface area contributed by atoms with Gasteiger partial charge in [-0.05, 0) is 119 Å². The van der Waals surface area contributed by atoms with Crippen LogP contribution in [0, 0.1) is 0 Å². The molecule has 0 amide bonds. The number of hydrogen-bond donors (Lipinski definition) is 0. The van der Waals surface area contributed by atoms with Gasteiger partial charge in [-0.25, -0.2) is 0 Å². The Labute approximate surface area is 314 Å². The molecule has 0 N–H and O–H groups in total. The first kappa shape index (κ1) is 29.8. The van der Waals surface area contributed by atoms with Crippen LogP contribution >= 0.6 is 11.3 Å². The van der Waals surface area contributed by atoms with Crippen LogP contribution in [-0.4, -0.2) is 0 Å². The van der Waals surface area contributed by atoms with Crippen LogP contribution in [0.15, 0.2) is 186 Å². The third-order valence-electron chi connectivity index (χ3n) is 11.4. The highest BCUT2D eigenvalue weighted by Crippen LogP contribution is 2.46. The zero-order valence-electron chi connectivity index (χ0n) is 29.1. The SMILES string of the molecule is c1ccc2cc(-c3c4ccccc4c(-c4ccc5ccc(-c6ccc7c(c6)sc6ccc8c9ccccc9oc8c67)cc5c4)c4ccccc34)ccc2c1. The van der Waals surface area contributed by atoms with Crippen molar-refractivity contribution in [3.05, 3.63) is 182 Å². The van der Waals surface area contributed by atoms with Crippen LogP contribution in [0.25, 0.3) is 119 Å². The van der Waals surface area contributed by atoms with E-state index in [1.165, 1.54) is 107 Å². The van der Waals surface area contributed by atoms with Crippen molar-refractivity contribution in [1.82, 2.24) is 0 Å². The van der Waals surface area contributed by atoms with Gasteiger partial charge < -0.3 is 4.42 Å². The molecule has 54 heavy (non-hydrogen) atoms. The van der Waals surface area contributed by atoms with Gasteiger partial charge in [0.25, 0.3) is 0 Å². The van der Waals surface area contributed by atoms with Crippen molar-refractivity contribution in [2.24, 2.45) is 0 Å². The van der Waals surface area contributed by atoms with Crippen LogP contribution in [0.5, 0.6) is 0 Å². The van der Waals surface area contributed by atoms with Crippen LogP contribution in [0.4, 0.5) is 0 Å². The van der Waals surface area contributed by atoms with Crippen LogP contribution in [0.1, 0.15) is 0 Å². The van der Waals surface area contributed by atoms with Crippen molar-refractivity contribution in [2.45, 2.75) is 0 Å². The average Bonchev–Trinajstić information content (AvgIpc) is 3.80. The fourth-order valence-electron chi connectivity index (χ4n) is 8.90. The Morgan fingerprint density at radius 1 is 0.315 bits per heavy atom. The van der Waals surface area contributed by atoms with E-state index in [2.05, 4.69) is 176 Å². The van der Waals surface area contributed by atoms with Gasteiger partial charge in [0.1, 0.15) is 11.2 Å². The van der Waals surface area contributed by atoms with Crippen LogP contribution in [-0.2, 0) is 0 Å². The summed E-state index contributed by atoms with van der Waals surface area (Å²) in [6, 6.07) is 66.9. The highest BCUT2D eigenvalue weighted by atomic mass is 32.1. The van der Waals surface area contributed by atoms with Gasteiger partial charge in [-0.1, -0.05) is 140 Å². The van der Waals surface area contributed by atoms with E-state index in [1.54, 1.807) is 0 Å². The van der Waals surface area contributed by atoms with E-state index in [4.69, 9.17) is 4.42 Å². The molecule has 2 aromatic heterocycles. The summed E-state index contributed by atoms with van der Waals surface area (Å²) in [5, 5.41) is 14.9. The van der Waals surface area contributed by atoms with E-state index in [0.717, 1.165) is 11.2 Å². The van der Waals surface area contributed by atoms with E-state index in [0.29, 0.717) is 0 Å². The maximum Gasteiger partial charge on any atom is 0.144 e. The molecule has 12 aromatic rings. The fraction of sp³-hybridized carbons (Fsp3) is 0. The largest absolute Gasteiger partial charge is 0.455 e.